The zero-order valence-electron chi connectivity index (χ0n) is 8.85. The molecular weight excluding hydrogens is 270 g/mol. The zero-order valence-corrected chi connectivity index (χ0v) is 10.4. The van der Waals surface area contributed by atoms with Crippen molar-refractivity contribution in [3.8, 4) is 5.75 Å². The Bertz CT molecular complexity index is 459. The highest BCUT2D eigenvalue weighted by Crippen LogP contribution is 2.17. The van der Waals surface area contributed by atoms with Crippen molar-refractivity contribution in [1.82, 2.24) is 9.55 Å². The molecule has 1 aromatic heterocycles. The third-order valence-electron chi connectivity index (χ3n) is 2.16. The molecular formula is C11H12BrN3O. The van der Waals surface area contributed by atoms with Crippen LogP contribution in [0.4, 0.5) is 5.95 Å². The van der Waals surface area contributed by atoms with Crippen molar-refractivity contribution < 1.29 is 4.74 Å². The van der Waals surface area contributed by atoms with Crippen molar-refractivity contribution in [2.45, 2.75) is 6.61 Å². The molecule has 0 bridgehead atoms. The molecule has 5 heteroatoms. The lowest BCUT2D eigenvalue weighted by atomic mass is 10.3. The Hall–Kier alpha value is -1.49. The Labute approximate surface area is 102 Å². The summed E-state index contributed by atoms with van der Waals surface area (Å²) in [5.41, 5.74) is 6.44. The third kappa shape index (κ3) is 2.55. The van der Waals surface area contributed by atoms with E-state index in [1.54, 1.807) is 4.57 Å². The van der Waals surface area contributed by atoms with Gasteiger partial charge in [-0.05, 0) is 24.3 Å². The van der Waals surface area contributed by atoms with Gasteiger partial charge in [0.2, 0.25) is 0 Å². The van der Waals surface area contributed by atoms with Gasteiger partial charge in [-0.1, -0.05) is 15.9 Å². The average molecular weight is 282 g/mol. The molecule has 1 heterocycles. The van der Waals surface area contributed by atoms with Gasteiger partial charge in [-0.3, -0.25) is 0 Å². The maximum absolute atomic E-state index is 5.62. The molecule has 0 aliphatic carbocycles. The predicted octanol–water partition coefficient (Wildman–Crippen LogP) is 2.34. The van der Waals surface area contributed by atoms with Gasteiger partial charge < -0.3 is 15.0 Å². The molecule has 2 rings (SSSR count). The third-order valence-corrected chi connectivity index (χ3v) is 2.69. The molecule has 0 aliphatic heterocycles. The van der Waals surface area contributed by atoms with E-state index in [9.17, 15) is 0 Å². The molecule has 0 amide bonds. The van der Waals surface area contributed by atoms with E-state index in [0.717, 1.165) is 15.9 Å². The van der Waals surface area contributed by atoms with E-state index in [4.69, 9.17) is 10.5 Å². The van der Waals surface area contributed by atoms with Crippen LogP contribution in [-0.2, 0) is 13.7 Å². The van der Waals surface area contributed by atoms with Crippen LogP contribution in [0.2, 0.25) is 0 Å². The standard InChI is InChI=1S/C11H12BrN3O/c1-15-6-9(14-11(15)13)7-16-10-4-2-8(12)3-5-10/h2-6H,7H2,1H3,(H2,13,14). The van der Waals surface area contributed by atoms with Crippen LogP contribution in [0.3, 0.4) is 0 Å². The second kappa shape index (κ2) is 4.57. The molecule has 84 valence electrons. The second-order valence-corrected chi connectivity index (χ2v) is 4.36. The lowest BCUT2D eigenvalue weighted by Crippen LogP contribution is -1.96. The fourth-order valence-electron chi connectivity index (χ4n) is 1.30. The molecule has 0 spiro atoms. The molecule has 0 saturated carbocycles. The summed E-state index contributed by atoms with van der Waals surface area (Å²) in [5.74, 6) is 1.31. The van der Waals surface area contributed by atoms with Gasteiger partial charge in [0, 0.05) is 17.7 Å². The molecule has 0 radical (unpaired) electrons. The summed E-state index contributed by atoms with van der Waals surface area (Å²) in [6.07, 6.45) is 1.86. The molecule has 2 aromatic rings. The molecule has 0 saturated heterocycles. The highest BCUT2D eigenvalue weighted by molar-refractivity contribution is 9.10. The van der Waals surface area contributed by atoms with Gasteiger partial charge in [-0.2, -0.15) is 0 Å². The van der Waals surface area contributed by atoms with Crippen molar-refractivity contribution in [3.63, 3.8) is 0 Å². The van der Waals surface area contributed by atoms with Crippen LogP contribution in [0.1, 0.15) is 5.69 Å². The summed E-state index contributed by atoms with van der Waals surface area (Å²) < 4.78 is 8.36. The van der Waals surface area contributed by atoms with E-state index in [2.05, 4.69) is 20.9 Å². The molecule has 0 fully saturated rings. The van der Waals surface area contributed by atoms with Gasteiger partial charge in [0.05, 0.1) is 5.69 Å². The van der Waals surface area contributed by atoms with E-state index in [0.29, 0.717) is 12.6 Å². The number of imidazole rings is 1. The highest BCUT2D eigenvalue weighted by atomic mass is 79.9. The summed E-state index contributed by atoms with van der Waals surface area (Å²) in [4.78, 5) is 4.15. The minimum Gasteiger partial charge on any atom is -0.487 e. The number of aryl methyl sites for hydroxylation is 1. The number of hydrogen-bond donors (Lipinski definition) is 1. The van der Waals surface area contributed by atoms with Crippen LogP contribution in [0.25, 0.3) is 0 Å². The van der Waals surface area contributed by atoms with Crippen LogP contribution < -0.4 is 10.5 Å². The van der Waals surface area contributed by atoms with Crippen molar-refractivity contribution in [2.24, 2.45) is 7.05 Å². The Morgan fingerprint density at radius 2 is 2.06 bits per heavy atom. The van der Waals surface area contributed by atoms with Gasteiger partial charge in [0.25, 0.3) is 0 Å². The topological polar surface area (TPSA) is 53.1 Å². The number of nitrogen functional groups attached to an aromatic ring is 1. The Morgan fingerprint density at radius 3 is 2.62 bits per heavy atom. The largest absolute Gasteiger partial charge is 0.487 e. The number of benzene rings is 1. The van der Waals surface area contributed by atoms with Crippen molar-refractivity contribution in [2.75, 3.05) is 5.73 Å². The fraction of sp³-hybridized carbons (Fsp3) is 0.182. The Kier molecular flexibility index (Phi) is 3.14. The number of ether oxygens (including phenoxy) is 1. The van der Waals surface area contributed by atoms with Crippen LogP contribution >= 0.6 is 15.9 Å². The molecule has 0 aliphatic rings. The highest BCUT2D eigenvalue weighted by Gasteiger charge is 2.02. The first-order valence-electron chi connectivity index (χ1n) is 4.81. The SMILES string of the molecule is Cn1cc(COc2ccc(Br)cc2)nc1N. The first-order chi connectivity index (χ1) is 7.65. The number of halogens is 1. The van der Waals surface area contributed by atoms with E-state index >= 15 is 0 Å². The normalized spacial score (nSPS) is 10.4. The molecule has 2 N–H and O–H groups in total. The first-order valence-corrected chi connectivity index (χ1v) is 5.60. The maximum atomic E-state index is 5.62. The number of aromatic nitrogens is 2. The zero-order chi connectivity index (χ0) is 11.5. The van der Waals surface area contributed by atoms with Crippen molar-refractivity contribution >= 4 is 21.9 Å². The predicted molar refractivity (Wildman–Crippen MR) is 66.1 cm³/mol. The first kappa shape index (κ1) is 11.0. The van der Waals surface area contributed by atoms with Gasteiger partial charge in [-0.15, -0.1) is 0 Å². The van der Waals surface area contributed by atoms with Crippen LogP contribution in [-0.4, -0.2) is 9.55 Å². The van der Waals surface area contributed by atoms with Crippen LogP contribution in [0, 0.1) is 0 Å². The lowest BCUT2D eigenvalue weighted by molar-refractivity contribution is 0.302. The summed E-state index contributed by atoms with van der Waals surface area (Å²) in [6, 6.07) is 7.66. The van der Waals surface area contributed by atoms with E-state index in [-0.39, 0.29) is 0 Å². The average Bonchev–Trinajstić information content (AvgIpc) is 2.58. The van der Waals surface area contributed by atoms with E-state index in [1.807, 2.05) is 37.5 Å². The summed E-state index contributed by atoms with van der Waals surface area (Å²) >= 11 is 3.37. The Balaban J connectivity index is 1.99. The lowest BCUT2D eigenvalue weighted by Gasteiger charge is -2.03. The summed E-state index contributed by atoms with van der Waals surface area (Å²) in [7, 11) is 1.85. The Morgan fingerprint density at radius 1 is 1.38 bits per heavy atom. The number of nitrogens with zero attached hydrogens (tertiary/aromatic N) is 2. The van der Waals surface area contributed by atoms with Crippen LogP contribution in [0.15, 0.2) is 34.9 Å². The number of nitrogens with two attached hydrogens (primary N) is 1. The molecule has 0 unspecified atom stereocenters. The van der Waals surface area contributed by atoms with E-state index in [1.165, 1.54) is 0 Å². The quantitative estimate of drug-likeness (QED) is 0.940. The smallest absolute Gasteiger partial charge is 0.200 e. The van der Waals surface area contributed by atoms with E-state index < -0.39 is 0 Å². The molecule has 0 atom stereocenters. The monoisotopic (exact) mass is 281 g/mol. The second-order valence-electron chi connectivity index (χ2n) is 3.44. The van der Waals surface area contributed by atoms with Gasteiger partial charge >= 0.3 is 0 Å². The number of rotatable bonds is 3. The fourth-order valence-corrected chi connectivity index (χ4v) is 1.57. The minimum absolute atomic E-state index is 0.423. The maximum Gasteiger partial charge on any atom is 0.200 e. The molecule has 1 aromatic carbocycles. The number of anilines is 1. The number of hydrogen-bond acceptors (Lipinski definition) is 3. The summed E-state index contributed by atoms with van der Waals surface area (Å²) in [6.45, 7) is 0.423. The van der Waals surface area contributed by atoms with Gasteiger partial charge in [0.15, 0.2) is 5.95 Å². The van der Waals surface area contributed by atoms with Gasteiger partial charge in [-0.25, -0.2) is 4.98 Å². The van der Waals surface area contributed by atoms with Crippen molar-refractivity contribution in [3.05, 3.63) is 40.6 Å². The molecule has 16 heavy (non-hydrogen) atoms. The summed E-state index contributed by atoms with van der Waals surface area (Å²) in [5, 5.41) is 0. The minimum atomic E-state index is 0.423. The van der Waals surface area contributed by atoms with Gasteiger partial charge in [0.1, 0.15) is 12.4 Å². The molecule has 4 nitrogen and oxygen atoms in total. The van der Waals surface area contributed by atoms with Crippen LogP contribution in [0.5, 0.6) is 5.75 Å². The van der Waals surface area contributed by atoms with Crippen molar-refractivity contribution in [1.29, 1.82) is 0 Å².